The molecule has 20 heavy (non-hydrogen) atoms. The molecule has 4 heteroatoms. The number of rotatable bonds is 6. The SMILES string of the molecule is OCC(CCOc1cccc(Br)c1)c1ccccc1F. The van der Waals surface area contributed by atoms with Crippen LogP contribution in [0.2, 0.25) is 0 Å². The zero-order valence-corrected chi connectivity index (χ0v) is 12.5. The molecule has 0 fully saturated rings. The van der Waals surface area contributed by atoms with Crippen molar-refractivity contribution >= 4 is 15.9 Å². The normalized spacial score (nSPS) is 12.2. The van der Waals surface area contributed by atoms with Crippen molar-refractivity contribution in [3.05, 3.63) is 64.4 Å². The van der Waals surface area contributed by atoms with E-state index in [4.69, 9.17) is 4.74 Å². The average molecular weight is 339 g/mol. The second-order valence-corrected chi connectivity index (χ2v) is 5.41. The van der Waals surface area contributed by atoms with Gasteiger partial charge in [-0.15, -0.1) is 0 Å². The third-order valence-electron chi connectivity index (χ3n) is 3.10. The van der Waals surface area contributed by atoms with E-state index < -0.39 is 0 Å². The van der Waals surface area contributed by atoms with E-state index in [0.29, 0.717) is 18.6 Å². The van der Waals surface area contributed by atoms with Crippen LogP contribution in [-0.2, 0) is 0 Å². The Balaban J connectivity index is 1.93. The monoisotopic (exact) mass is 338 g/mol. The molecular formula is C16H16BrFO2. The molecule has 0 bridgehead atoms. The number of ether oxygens (including phenoxy) is 1. The first kappa shape index (κ1) is 15.0. The van der Waals surface area contributed by atoms with Crippen LogP contribution < -0.4 is 4.74 Å². The molecule has 1 N–H and O–H groups in total. The molecule has 0 spiro atoms. The molecule has 0 amide bonds. The third-order valence-corrected chi connectivity index (χ3v) is 3.59. The summed E-state index contributed by atoms with van der Waals surface area (Å²) in [6.07, 6.45) is 0.559. The second-order valence-electron chi connectivity index (χ2n) is 4.50. The van der Waals surface area contributed by atoms with Crippen molar-refractivity contribution in [3.63, 3.8) is 0 Å². The zero-order valence-electron chi connectivity index (χ0n) is 10.9. The molecule has 106 valence electrons. The standard InChI is InChI=1S/C16H16BrFO2/c17-13-4-3-5-14(10-13)20-9-8-12(11-19)15-6-1-2-7-16(15)18/h1-7,10,12,19H,8-9,11H2. The highest BCUT2D eigenvalue weighted by atomic mass is 79.9. The molecule has 0 aliphatic carbocycles. The van der Waals surface area contributed by atoms with Gasteiger partial charge in [0.2, 0.25) is 0 Å². The van der Waals surface area contributed by atoms with E-state index in [-0.39, 0.29) is 18.3 Å². The predicted molar refractivity (Wildman–Crippen MR) is 80.5 cm³/mol. The van der Waals surface area contributed by atoms with Crippen LogP contribution in [0, 0.1) is 5.82 Å². The maximum absolute atomic E-state index is 13.7. The highest BCUT2D eigenvalue weighted by Crippen LogP contribution is 2.23. The summed E-state index contributed by atoms with van der Waals surface area (Å²) < 4.78 is 20.2. The molecule has 2 rings (SSSR count). The van der Waals surface area contributed by atoms with E-state index >= 15 is 0 Å². The molecule has 0 heterocycles. The minimum Gasteiger partial charge on any atom is -0.494 e. The highest BCUT2D eigenvalue weighted by molar-refractivity contribution is 9.10. The van der Waals surface area contributed by atoms with Crippen molar-refractivity contribution in [1.82, 2.24) is 0 Å². The van der Waals surface area contributed by atoms with Crippen molar-refractivity contribution in [1.29, 1.82) is 0 Å². The van der Waals surface area contributed by atoms with Crippen LogP contribution in [0.3, 0.4) is 0 Å². The van der Waals surface area contributed by atoms with Crippen molar-refractivity contribution in [3.8, 4) is 5.75 Å². The Morgan fingerprint density at radius 3 is 2.65 bits per heavy atom. The Bertz CT molecular complexity index is 560. The Kier molecular flexibility index (Phi) is 5.56. The average Bonchev–Trinajstić information content (AvgIpc) is 2.45. The fourth-order valence-corrected chi connectivity index (χ4v) is 2.41. The molecule has 0 saturated carbocycles. The first-order chi connectivity index (χ1) is 9.70. The fourth-order valence-electron chi connectivity index (χ4n) is 2.03. The quantitative estimate of drug-likeness (QED) is 0.857. The van der Waals surface area contributed by atoms with Gasteiger partial charge in [0.05, 0.1) is 13.2 Å². The molecule has 0 saturated heterocycles. The van der Waals surface area contributed by atoms with Crippen LogP contribution >= 0.6 is 15.9 Å². The Labute approximate surface area is 126 Å². The minimum atomic E-state index is -0.283. The Hall–Kier alpha value is -1.39. The first-order valence-corrected chi connectivity index (χ1v) is 7.23. The summed E-state index contributed by atoms with van der Waals surface area (Å²) >= 11 is 3.37. The molecule has 1 unspecified atom stereocenters. The summed E-state index contributed by atoms with van der Waals surface area (Å²) in [6.45, 7) is 0.332. The maximum atomic E-state index is 13.7. The van der Waals surface area contributed by atoms with Gasteiger partial charge >= 0.3 is 0 Å². The zero-order chi connectivity index (χ0) is 14.4. The Morgan fingerprint density at radius 1 is 1.15 bits per heavy atom. The van der Waals surface area contributed by atoms with E-state index in [1.54, 1.807) is 18.2 Å². The van der Waals surface area contributed by atoms with Gasteiger partial charge in [-0.05, 0) is 36.2 Å². The maximum Gasteiger partial charge on any atom is 0.126 e. The molecule has 2 aromatic carbocycles. The van der Waals surface area contributed by atoms with E-state index in [1.807, 2.05) is 24.3 Å². The second kappa shape index (κ2) is 7.41. The molecular weight excluding hydrogens is 323 g/mol. The summed E-state index contributed by atoms with van der Waals surface area (Å²) in [5, 5.41) is 9.42. The number of hydrogen-bond donors (Lipinski definition) is 1. The van der Waals surface area contributed by atoms with Gasteiger partial charge in [-0.1, -0.05) is 40.2 Å². The third kappa shape index (κ3) is 4.05. The summed E-state index contributed by atoms with van der Waals surface area (Å²) in [5.74, 6) is 0.224. The topological polar surface area (TPSA) is 29.5 Å². The summed E-state index contributed by atoms with van der Waals surface area (Å²) in [5.41, 5.74) is 0.535. The molecule has 0 aliphatic heterocycles. The van der Waals surface area contributed by atoms with Crippen molar-refractivity contribution < 1.29 is 14.2 Å². The number of aliphatic hydroxyl groups excluding tert-OH is 1. The first-order valence-electron chi connectivity index (χ1n) is 6.44. The predicted octanol–water partition coefficient (Wildman–Crippen LogP) is 4.13. The van der Waals surface area contributed by atoms with Gasteiger partial charge in [-0.25, -0.2) is 4.39 Å². The van der Waals surface area contributed by atoms with E-state index in [2.05, 4.69) is 15.9 Å². The summed E-state index contributed by atoms with van der Waals surface area (Å²) in [7, 11) is 0. The van der Waals surface area contributed by atoms with Gasteiger partial charge < -0.3 is 9.84 Å². The molecule has 0 radical (unpaired) electrons. The van der Waals surface area contributed by atoms with Crippen LogP contribution in [0.4, 0.5) is 4.39 Å². The highest BCUT2D eigenvalue weighted by Gasteiger charge is 2.14. The lowest BCUT2D eigenvalue weighted by molar-refractivity contribution is 0.227. The molecule has 2 aromatic rings. The van der Waals surface area contributed by atoms with Crippen LogP contribution in [0.5, 0.6) is 5.75 Å². The van der Waals surface area contributed by atoms with Crippen molar-refractivity contribution in [2.75, 3.05) is 13.2 Å². The van der Waals surface area contributed by atoms with Crippen LogP contribution in [0.25, 0.3) is 0 Å². The van der Waals surface area contributed by atoms with Gasteiger partial charge in [0.1, 0.15) is 11.6 Å². The number of hydrogen-bond acceptors (Lipinski definition) is 2. The lowest BCUT2D eigenvalue weighted by atomic mass is 9.96. The lowest BCUT2D eigenvalue weighted by Gasteiger charge is -2.16. The van der Waals surface area contributed by atoms with Crippen LogP contribution in [-0.4, -0.2) is 18.3 Å². The van der Waals surface area contributed by atoms with Crippen molar-refractivity contribution in [2.45, 2.75) is 12.3 Å². The number of halogens is 2. The van der Waals surface area contributed by atoms with Crippen LogP contribution in [0.1, 0.15) is 17.9 Å². The van der Waals surface area contributed by atoms with Gasteiger partial charge in [0, 0.05) is 10.4 Å². The van der Waals surface area contributed by atoms with E-state index in [1.165, 1.54) is 6.07 Å². The Morgan fingerprint density at radius 2 is 1.95 bits per heavy atom. The van der Waals surface area contributed by atoms with Gasteiger partial charge in [-0.3, -0.25) is 0 Å². The molecule has 0 aliphatic rings. The minimum absolute atomic E-state index is 0.0945. The molecule has 2 nitrogen and oxygen atoms in total. The molecule has 1 atom stereocenters. The fraction of sp³-hybridized carbons (Fsp3) is 0.250. The number of aliphatic hydroxyl groups is 1. The van der Waals surface area contributed by atoms with Gasteiger partial charge in [-0.2, -0.15) is 0 Å². The van der Waals surface area contributed by atoms with Gasteiger partial charge in [0.25, 0.3) is 0 Å². The van der Waals surface area contributed by atoms with E-state index in [9.17, 15) is 9.50 Å². The van der Waals surface area contributed by atoms with Gasteiger partial charge in [0.15, 0.2) is 0 Å². The van der Waals surface area contributed by atoms with Crippen LogP contribution in [0.15, 0.2) is 53.0 Å². The van der Waals surface area contributed by atoms with E-state index in [0.717, 1.165) is 10.2 Å². The smallest absolute Gasteiger partial charge is 0.126 e. The summed E-state index contributed by atoms with van der Waals surface area (Å²) in [4.78, 5) is 0. The number of benzene rings is 2. The molecule has 0 aromatic heterocycles. The lowest BCUT2D eigenvalue weighted by Crippen LogP contribution is -2.11. The van der Waals surface area contributed by atoms with Crippen molar-refractivity contribution in [2.24, 2.45) is 0 Å². The summed E-state index contributed by atoms with van der Waals surface area (Å²) in [6, 6.07) is 14.1. The largest absolute Gasteiger partial charge is 0.494 e.